The fourth-order valence-corrected chi connectivity index (χ4v) is 2.84. The van der Waals surface area contributed by atoms with E-state index in [4.69, 9.17) is 5.84 Å². The van der Waals surface area contributed by atoms with Crippen molar-refractivity contribution in [3.8, 4) is 0 Å². The number of nitrogens with two attached hydrogens (primary N) is 1. The normalized spacial score (nSPS) is 24.0. The molecule has 7 heteroatoms. The molecule has 0 aromatic heterocycles. The summed E-state index contributed by atoms with van der Waals surface area (Å²) in [6.45, 7) is 0.722. The van der Waals surface area contributed by atoms with Gasteiger partial charge in [-0.25, -0.2) is 10.8 Å². The van der Waals surface area contributed by atoms with Gasteiger partial charge in [0.15, 0.2) is 0 Å². The predicted molar refractivity (Wildman–Crippen MR) is 67.4 cm³/mol. The molecule has 4 nitrogen and oxygen atoms in total. The molecule has 0 amide bonds. The SMILES string of the molecule is NNC(=NC1CCCC1)N1CCC(C(F)(F)F)CC1. The van der Waals surface area contributed by atoms with Crippen LogP contribution in [0.5, 0.6) is 0 Å². The van der Waals surface area contributed by atoms with Gasteiger partial charge in [-0.05, 0) is 25.7 Å². The topological polar surface area (TPSA) is 53.6 Å². The number of hydrogen-bond donors (Lipinski definition) is 2. The molecule has 1 heterocycles. The lowest BCUT2D eigenvalue weighted by atomic mass is 9.96. The summed E-state index contributed by atoms with van der Waals surface area (Å²) in [5.74, 6) is 4.82. The van der Waals surface area contributed by atoms with Crippen LogP contribution in [0, 0.1) is 5.92 Å². The fourth-order valence-electron chi connectivity index (χ4n) is 2.84. The van der Waals surface area contributed by atoms with Crippen LogP contribution in [0.3, 0.4) is 0 Å². The van der Waals surface area contributed by atoms with Gasteiger partial charge in [-0.3, -0.25) is 5.43 Å². The van der Waals surface area contributed by atoms with Crippen molar-refractivity contribution in [1.82, 2.24) is 10.3 Å². The minimum Gasteiger partial charge on any atom is -0.342 e. The van der Waals surface area contributed by atoms with Crippen LogP contribution >= 0.6 is 0 Å². The standard InChI is InChI=1S/C12H21F3N4/c13-12(14,15)9-5-7-19(8-6-9)11(18-16)17-10-3-1-2-4-10/h9-10H,1-8,16H2,(H,17,18). The third-order valence-electron chi connectivity index (χ3n) is 4.02. The van der Waals surface area contributed by atoms with E-state index in [1.54, 1.807) is 0 Å². The molecule has 0 aromatic carbocycles. The molecule has 0 atom stereocenters. The van der Waals surface area contributed by atoms with Crippen molar-refractivity contribution in [3.63, 3.8) is 0 Å². The Morgan fingerprint density at radius 3 is 2.16 bits per heavy atom. The second-order valence-electron chi connectivity index (χ2n) is 5.34. The zero-order chi connectivity index (χ0) is 13.9. The fraction of sp³-hybridized carbons (Fsp3) is 0.917. The molecule has 1 aliphatic heterocycles. The summed E-state index contributed by atoms with van der Waals surface area (Å²) >= 11 is 0. The van der Waals surface area contributed by atoms with Gasteiger partial charge < -0.3 is 4.90 Å². The van der Waals surface area contributed by atoms with Crippen molar-refractivity contribution in [1.29, 1.82) is 0 Å². The maximum atomic E-state index is 12.6. The van der Waals surface area contributed by atoms with Crippen LogP contribution in [-0.2, 0) is 0 Å². The van der Waals surface area contributed by atoms with Gasteiger partial charge in [-0.2, -0.15) is 13.2 Å². The van der Waals surface area contributed by atoms with Gasteiger partial charge in [0.2, 0.25) is 5.96 Å². The lowest BCUT2D eigenvalue weighted by Crippen LogP contribution is -2.50. The number of hydrazine groups is 1. The highest BCUT2D eigenvalue weighted by molar-refractivity contribution is 5.79. The number of piperidine rings is 1. The number of nitrogens with one attached hydrogen (secondary N) is 1. The van der Waals surface area contributed by atoms with E-state index in [1.807, 2.05) is 4.90 Å². The van der Waals surface area contributed by atoms with Crippen LogP contribution in [0.15, 0.2) is 4.99 Å². The quantitative estimate of drug-likeness (QED) is 0.334. The molecule has 110 valence electrons. The first-order valence-corrected chi connectivity index (χ1v) is 6.87. The largest absolute Gasteiger partial charge is 0.391 e. The number of hydrogen-bond acceptors (Lipinski definition) is 2. The first-order valence-electron chi connectivity index (χ1n) is 6.87. The molecule has 0 radical (unpaired) electrons. The van der Waals surface area contributed by atoms with E-state index in [1.165, 1.54) is 12.8 Å². The number of rotatable bonds is 1. The lowest BCUT2D eigenvalue weighted by molar-refractivity contribution is -0.183. The molecule has 0 aromatic rings. The molecule has 0 spiro atoms. The summed E-state index contributed by atoms with van der Waals surface area (Å²) in [5.41, 5.74) is 2.55. The van der Waals surface area contributed by atoms with Crippen molar-refractivity contribution in [3.05, 3.63) is 0 Å². The minimum atomic E-state index is -4.08. The number of aliphatic imine (C=N–C) groups is 1. The van der Waals surface area contributed by atoms with E-state index in [2.05, 4.69) is 10.4 Å². The van der Waals surface area contributed by atoms with E-state index in [0.29, 0.717) is 19.0 Å². The van der Waals surface area contributed by atoms with Crippen LogP contribution in [0.25, 0.3) is 0 Å². The molecule has 2 fully saturated rings. The molecule has 0 bridgehead atoms. The van der Waals surface area contributed by atoms with Crippen molar-refractivity contribution in [2.45, 2.75) is 50.7 Å². The molecule has 19 heavy (non-hydrogen) atoms. The average molecular weight is 278 g/mol. The molecule has 0 unspecified atom stereocenters. The number of nitrogens with zero attached hydrogens (tertiary/aromatic N) is 2. The monoisotopic (exact) mass is 278 g/mol. The van der Waals surface area contributed by atoms with Gasteiger partial charge in [0.1, 0.15) is 0 Å². The molecule has 1 saturated heterocycles. The summed E-state index contributed by atoms with van der Waals surface area (Å²) < 4.78 is 37.8. The van der Waals surface area contributed by atoms with E-state index < -0.39 is 12.1 Å². The maximum Gasteiger partial charge on any atom is 0.391 e. The summed E-state index contributed by atoms with van der Waals surface area (Å²) in [5, 5.41) is 0. The Balaban J connectivity index is 1.91. The highest BCUT2D eigenvalue weighted by Gasteiger charge is 2.41. The average Bonchev–Trinajstić information content (AvgIpc) is 2.88. The Morgan fingerprint density at radius 1 is 1.11 bits per heavy atom. The van der Waals surface area contributed by atoms with Gasteiger partial charge in [0.05, 0.1) is 12.0 Å². The van der Waals surface area contributed by atoms with Crippen LogP contribution in [0.4, 0.5) is 13.2 Å². The van der Waals surface area contributed by atoms with Crippen LogP contribution in [0.2, 0.25) is 0 Å². The van der Waals surface area contributed by atoms with Gasteiger partial charge in [-0.1, -0.05) is 12.8 Å². The molecular weight excluding hydrogens is 257 g/mol. The zero-order valence-electron chi connectivity index (χ0n) is 10.9. The Morgan fingerprint density at radius 2 is 1.68 bits per heavy atom. The second kappa shape index (κ2) is 5.98. The highest BCUT2D eigenvalue weighted by atomic mass is 19.4. The van der Waals surface area contributed by atoms with Gasteiger partial charge >= 0.3 is 6.18 Å². The predicted octanol–water partition coefficient (Wildman–Crippen LogP) is 2.02. The smallest absolute Gasteiger partial charge is 0.342 e. The van der Waals surface area contributed by atoms with Crippen molar-refractivity contribution >= 4 is 5.96 Å². The molecule has 2 aliphatic rings. The van der Waals surface area contributed by atoms with Gasteiger partial charge in [-0.15, -0.1) is 0 Å². The Labute approximate surface area is 111 Å². The highest BCUT2D eigenvalue weighted by Crippen LogP contribution is 2.34. The van der Waals surface area contributed by atoms with E-state index in [-0.39, 0.29) is 18.9 Å². The number of likely N-dealkylation sites (tertiary alicyclic amines) is 1. The molecule has 3 N–H and O–H groups in total. The molecule has 1 aliphatic carbocycles. The summed E-state index contributed by atoms with van der Waals surface area (Å²) in [6, 6.07) is 0.270. The molecular formula is C12H21F3N4. The Bertz CT molecular complexity index is 315. The first kappa shape index (κ1) is 14.4. The third kappa shape index (κ3) is 3.75. The Hall–Kier alpha value is -0.980. The van der Waals surface area contributed by atoms with Crippen molar-refractivity contribution < 1.29 is 13.2 Å². The summed E-state index contributed by atoms with van der Waals surface area (Å²) in [4.78, 5) is 6.36. The minimum absolute atomic E-state index is 0.120. The van der Waals surface area contributed by atoms with Gasteiger partial charge in [0, 0.05) is 13.1 Å². The summed E-state index contributed by atoms with van der Waals surface area (Å²) in [7, 11) is 0. The van der Waals surface area contributed by atoms with Crippen molar-refractivity contribution in [2.24, 2.45) is 16.8 Å². The zero-order valence-corrected chi connectivity index (χ0v) is 10.9. The van der Waals surface area contributed by atoms with Gasteiger partial charge in [0.25, 0.3) is 0 Å². The van der Waals surface area contributed by atoms with Crippen LogP contribution < -0.4 is 11.3 Å². The number of alkyl halides is 3. The number of guanidine groups is 1. The van der Waals surface area contributed by atoms with E-state index in [9.17, 15) is 13.2 Å². The summed E-state index contributed by atoms with van der Waals surface area (Å²) in [6.07, 6.45) is 0.591. The van der Waals surface area contributed by atoms with Crippen LogP contribution in [-0.4, -0.2) is 36.2 Å². The van der Waals surface area contributed by atoms with Crippen molar-refractivity contribution in [2.75, 3.05) is 13.1 Å². The Kier molecular flexibility index (Phi) is 4.54. The first-order chi connectivity index (χ1) is 9.00. The molecule has 2 rings (SSSR count). The third-order valence-corrected chi connectivity index (χ3v) is 4.02. The molecule has 1 saturated carbocycles. The lowest BCUT2D eigenvalue weighted by Gasteiger charge is -2.34. The van der Waals surface area contributed by atoms with Crippen LogP contribution in [0.1, 0.15) is 38.5 Å². The van der Waals surface area contributed by atoms with E-state index in [0.717, 1.165) is 12.8 Å². The number of halogens is 3. The van der Waals surface area contributed by atoms with E-state index >= 15 is 0 Å². The maximum absolute atomic E-state index is 12.6. The second-order valence-corrected chi connectivity index (χ2v) is 5.34.